The van der Waals surface area contributed by atoms with Crippen molar-refractivity contribution in [3.63, 3.8) is 0 Å². The van der Waals surface area contributed by atoms with E-state index in [1.807, 2.05) is 4.90 Å². The van der Waals surface area contributed by atoms with Gasteiger partial charge in [0.05, 0.1) is 19.8 Å². The number of carbonyl (C=O) groups is 1. The van der Waals surface area contributed by atoms with E-state index in [1.165, 1.54) is 6.07 Å². The third-order valence-corrected chi connectivity index (χ3v) is 4.46. The molecule has 5 nitrogen and oxygen atoms in total. The second-order valence-electron chi connectivity index (χ2n) is 6.33. The Morgan fingerprint density at radius 1 is 1.31 bits per heavy atom. The Labute approximate surface area is 161 Å². The third kappa shape index (κ3) is 6.50. The van der Waals surface area contributed by atoms with Crippen LogP contribution in [0.4, 0.5) is 4.39 Å². The van der Waals surface area contributed by atoms with Crippen LogP contribution in [-0.4, -0.2) is 56.8 Å². The minimum Gasteiger partial charge on any atom is -0.382 e. The number of benzene rings is 1. The van der Waals surface area contributed by atoms with E-state index in [4.69, 9.17) is 9.47 Å². The minimum absolute atomic E-state index is 0. The predicted octanol–water partition coefficient (Wildman–Crippen LogP) is 3.01. The van der Waals surface area contributed by atoms with Crippen LogP contribution in [0.2, 0.25) is 0 Å². The highest BCUT2D eigenvalue weighted by Crippen LogP contribution is 2.19. The van der Waals surface area contributed by atoms with Crippen LogP contribution in [-0.2, 0) is 16.1 Å². The van der Waals surface area contributed by atoms with Crippen molar-refractivity contribution in [1.29, 1.82) is 0 Å². The molecule has 1 fully saturated rings. The molecule has 0 spiro atoms. The number of hydrogen-bond donors (Lipinski definition) is 1. The Kier molecular flexibility index (Phi) is 10.7. The number of nitrogens with zero attached hydrogens (tertiary/aromatic N) is 1. The molecule has 1 aromatic carbocycles. The van der Waals surface area contributed by atoms with Crippen molar-refractivity contribution in [2.75, 3.05) is 40.0 Å². The first-order valence-corrected chi connectivity index (χ1v) is 9.04. The van der Waals surface area contributed by atoms with Crippen molar-refractivity contribution in [1.82, 2.24) is 10.2 Å². The van der Waals surface area contributed by atoms with E-state index < -0.39 is 0 Å². The summed E-state index contributed by atoms with van der Waals surface area (Å²) in [6.45, 7) is 5.64. The maximum Gasteiger partial charge on any atom is 0.254 e. The number of nitrogens with one attached hydrogen (secondary N) is 1. The molecular formula is C19H30ClFN2O3. The fourth-order valence-corrected chi connectivity index (χ4v) is 3.12. The summed E-state index contributed by atoms with van der Waals surface area (Å²) in [5, 5.41) is 3.33. The van der Waals surface area contributed by atoms with Crippen LogP contribution in [0.3, 0.4) is 0 Å². The van der Waals surface area contributed by atoms with Crippen molar-refractivity contribution in [2.24, 2.45) is 0 Å². The molecule has 1 aliphatic rings. The topological polar surface area (TPSA) is 50.8 Å². The Morgan fingerprint density at radius 2 is 2.04 bits per heavy atom. The van der Waals surface area contributed by atoms with Gasteiger partial charge >= 0.3 is 0 Å². The molecule has 148 valence electrons. The molecule has 0 aliphatic carbocycles. The summed E-state index contributed by atoms with van der Waals surface area (Å²) in [6.07, 6.45) is 2.82. The van der Waals surface area contributed by atoms with Gasteiger partial charge in [-0.2, -0.15) is 0 Å². The quantitative estimate of drug-likeness (QED) is 0.661. The van der Waals surface area contributed by atoms with Gasteiger partial charge in [0, 0.05) is 30.8 Å². The van der Waals surface area contributed by atoms with E-state index >= 15 is 0 Å². The summed E-state index contributed by atoms with van der Waals surface area (Å²) in [7, 11) is 1.59. The number of piperidine rings is 1. The van der Waals surface area contributed by atoms with Crippen LogP contribution in [0.5, 0.6) is 0 Å². The van der Waals surface area contributed by atoms with E-state index in [9.17, 15) is 9.18 Å². The Morgan fingerprint density at radius 3 is 2.69 bits per heavy atom. The molecular weight excluding hydrogens is 359 g/mol. The number of hydrogen-bond acceptors (Lipinski definition) is 4. The van der Waals surface area contributed by atoms with E-state index in [2.05, 4.69) is 12.2 Å². The first-order chi connectivity index (χ1) is 12.2. The van der Waals surface area contributed by atoms with E-state index in [0.717, 1.165) is 38.9 Å². The normalized spacial score (nSPS) is 14.7. The van der Waals surface area contributed by atoms with Crippen molar-refractivity contribution < 1.29 is 18.7 Å². The second kappa shape index (κ2) is 12.2. The van der Waals surface area contributed by atoms with Crippen LogP contribution in [0.15, 0.2) is 18.2 Å². The van der Waals surface area contributed by atoms with Crippen molar-refractivity contribution in [2.45, 2.75) is 38.8 Å². The first-order valence-electron chi connectivity index (χ1n) is 9.04. The van der Waals surface area contributed by atoms with Gasteiger partial charge < -0.3 is 19.7 Å². The van der Waals surface area contributed by atoms with E-state index in [-0.39, 0.29) is 36.8 Å². The van der Waals surface area contributed by atoms with Crippen LogP contribution in [0, 0.1) is 5.82 Å². The fourth-order valence-electron chi connectivity index (χ4n) is 3.12. The molecule has 7 heteroatoms. The van der Waals surface area contributed by atoms with Gasteiger partial charge in [0.1, 0.15) is 5.82 Å². The average Bonchev–Trinajstić information content (AvgIpc) is 2.65. The molecule has 1 N–H and O–H groups in total. The molecule has 0 atom stereocenters. The summed E-state index contributed by atoms with van der Waals surface area (Å²) < 4.78 is 24.3. The number of methoxy groups -OCH3 is 1. The molecule has 0 unspecified atom stereocenters. The first kappa shape index (κ1) is 22.8. The zero-order valence-electron chi connectivity index (χ0n) is 15.6. The Bertz CT molecular complexity index is 554. The lowest BCUT2D eigenvalue weighted by atomic mass is 10.0. The molecule has 0 saturated carbocycles. The zero-order chi connectivity index (χ0) is 18.1. The molecule has 1 aliphatic heterocycles. The lowest BCUT2D eigenvalue weighted by Gasteiger charge is -2.34. The largest absolute Gasteiger partial charge is 0.382 e. The number of rotatable bonds is 9. The fraction of sp³-hybridized carbons (Fsp3) is 0.632. The van der Waals surface area contributed by atoms with Gasteiger partial charge in [-0.05, 0) is 50.6 Å². The van der Waals surface area contributed by atoms with Crippen LogP contribution in [0.1, 0.15) is 42.1 Å². The Hall–Kier alpha value is -1.21. The van der Waals surface area contributed by atoms with Gasteiger partial charge in [-0.3, -0.25) is 4.79 Å². The third-order valence-electron chi connectivity index (χ3n) is 4.46. The van der Waals surface area contributed by atoms with Crippen LogP contribution in [0.25, 0.3) is 0 Å². The predicted molar refractivity (Wildman–Crippen MR) is 102 cm³/mol. The van der Waals surface area contributed by atoms with Gasteiger partial charge in [0.2, 0.25) is 0 Å². The SMILES string of the molecule is CCCN(C(=O)c1ccc(F)c(COCCOC)c1)C1CCNCC1.Cl. The smallest absolute Gasteiger partial charge is 0.254 e. The molecule has 0 radical (unpaired) electrons. The van der Waals surface area contributed by atoms with E-state index in [1.54, 1.807) is 19.2 Å². The summed E-state index contributed by atoms with van der Waals surface area (Å²) >= 11 is 0. The van der Waals surface area contributed by atoms with Crippen molar-refractivity contribution >= 4 is 18.3 Å². The van der Waals surface area contributed by atoms with Crippen LogP contribution < -0.4 is 5.32 Å². The molecule has 26 heavy (non-hydrogen) atoms. The summed E-state index contributed by atoms with van der Waals surface area (Å²) in [4.78, 5) is 14.9. The van der Waals surface area contributed by atoms with Crippen molar-refractivity contribution in [3.05, 3.63) is 35.1 Å². The summed E-state index contributed by atoms with van der Waals surface area (Å²) in [6, 6.07) is 4.79. The molecule has 1 heterocycles. The monoisotopic (exact) mass is 388 g/mol. The molecule has 1 amide bonds. The second-order valence-corrected chi connectivity index (χ2v) is 6.33. The minimum atomic E-state index is -0.349. The van der Waals surface area contributed by atoms with Gasteiger partial charge in [-0.25, -0.2) is 4.39 Å². The number of halogens is 2. The number of carbonyl (C=O) groups excluding carboxylic acids is 1. The molecule has 2 rings (SSSR count). The lowest BCUT2D eigenvalue weighted by molar-refractivity contribution is 0.0599. The maximum absolute atomic E-state index is 14.0. The van der Waals surface area contributed by atoms with Gasteiger partial charge in [-0.1, -0.05) is 6.92 Å². The zero-order valence-corrected chi connectivity index (χ0v) is 16.4. The van der Waals surface area contributed by atoms with Gasteiger partial charge in [-0.15, -0.1) is 12.4 Å². The molecule has 0 bridgehead atoms. The highest BCUT2D eigenvalue weighted by atomic mass is 35.5. The molecule has 1 aromatic rings. The van der Waals surface area contributed by atoms with Gasteiger partial charge in [0.25, 0.3) is 5.91 Å². The maximum atomic E-state index is 14.0. The lowest BCUT2D eigenvalue weighted by Crippen LogP contribution is -2.46. The highest BCUT2D eigenvalue weighted by Gasteiger charge is 2.26. The standard InChI is InChI=1S/C19H29FN2O3.ClH/c1-3-10-22(17-6-8-21-9-7-17)19(23)15-4-5-18(20)16(13-15)14-25-12-11-24-2;/h4-5,13,17,21H,3,6-12,14H2,1-2H3;1H. The molecule has 0 aromatic heterocycles. The molecule has 1 saturated heterocycles. The summed E-state index contributed by atoms with van der Waals surface area (Å²) in [5.41, 5.74) is 0.933. The number of amides is 1. The highest BCUT2D eigenvalue weighted by molar-refractivity contribution is 5.94. The van der Waals surface area contributed by atoms with E-state index in [0.29, 0.717) is 24.3 Å². The average molecular weight is 389 g/mol. The summed E-state index contributed by atoms with van der Waals surface area (Å²) in [5.74, 6) is -0.371. The van der Waals surface area contributed by atoms with Crippen LogP contribution >= 0.6 is 12.4 Å². The van der Waals surface area contributed by atoms with Crippen molar-refractivity contribution in [3.8, 4) is 0 Å². The Balaban J connectivity index is 0.00000338. The van der Waals surface area contributed by atoms with Gasteiger partial charge in [0.15, 0.2) is 0 Å². The number of ether oxygens (including phenoxy) is 2.